The molecule has 1 unspecified atom stereocenters. The van der Waals surface area contributed by atoms with Gasteiger partial charge in [0.05, 0.1) is 5.41 Å². The summed E-state index contributed by atoms with van der Waals surface area (Å²) < 4.78 is 7.28. The SMILES string of the molecule is CC(C)C(C(N)=O)(C(C)C)C(c1ccccc1)c1cc(Br)ccc1OCc1ccccc1. The van der Waals surface area contributed by atoms with E-state index in [1.807, 2.05) is 60.7 Å². The maximum atomic E-state index is 13.2. The first kappa shape index (κ1) is 24.1. The Balaban J connectivity index is 2.22. The van der Waals surface area contributed by atoms with Crippen molar-refractivity contribution in [2.45, 2.75) is 40.2 Å². The normalized spacial score (nSPS) is 12.7. The van der Waals surface area contributed by atoms with E-state index in [4.69, 9.17) is 10.5 Å². The van der Waals surface area contributed by atoms with Crippen molar-refractivity contribution in [1.29, 1.82) is 0 Å². The van der Waals surface area contributed by atoms with Gasteiger partial charge in [-0.25, -0.2) is 0 Å². The van der Waals surface area contributed by atoms with Gasteiger partial charge in [-0.15, -0.1) is 0 Å². The van der Waals surface area contributed by atoms with E-state index in [0.717, 1.165) is 26.9 Å². The summed E-state index contributed by atoms with van der Waals surface area (Å²) in [6, 6.07) is 26.3. The number of amides is 1. The molecule has 0 bridgehead atoms. The van der Waals surface area contributed by atoms with Crippen molar-refractivity contribution in [2.24, 2.45) is 23.0 Å². The van der Waals surface area contributed by atoms with Crippen LogP contribution in [0.15, 0.2) is 83.3 Å². The van der Waals surface area contributed by atoms with Crippen molar-refractivity contribution in [3.63, 3.8) is 0 Å². The van der Waals surface area contributed by atoms with Crippen LogP contribution in [0.2, 0.25) is 0 Å². The second-order valence-corrected chi connectivity index (χ2v) is 9.82. The summed E-state index contributed by atoms with van der Waals surface area (Å²) in [5.41, 5.74) is 8.51. The lowest BCUT2D eigenvalue weighted by molar-refractivity contribution is -0.134. The van der Waals surface area contributed by atoms with Crippen LogP contribution in [0.4, 0.5) is 0 Å². The van der Waals surface area contributed by atoms with Crippen molar-refractivity contribution in [3.05, 3.63) is 100 Å². The molecule has 2 N–H and O–H groups in total. The summed E-state index contributed by atoms with van der Waals surface area (Å²) in [5, 5.41) is 0. The van der Waals surface area contributed by atoms with E-state index in [0.29, 0.717) is 6.61 Å². The molecule has 3 rings (SSSR count). The Morgan fingerprint density at radius 2 is 1.47 bits per heavy atom. The average Bonchev–Trinajstić information content (AvgIpc) is 2.77. The second-order valence-electron chi connectivity index (χ2n) is 8.91. The van der Waals surface area contributed by atoms with Crippen LogP contribution in [0.1, 0.15) is 50.3 Å². The number of carbonyl (C=O) groups excluding carboxylic acids is 1. The van der Waals surface area contributed by atoms with Crippen molar-refractivity contribution in [1.82, 2.24) is 0 Å². The standard InChI is InChI=1S/C28H32BrNO2/c1-19(2)28(20(3)4,27(30)31)26(22-13-9-6-10-14-22)24-17-23(29)15-16-25(24)32-18-21-11-7-5-8-12-21/h5-17,19-20,26H,18H2,1-4H3,(H2,30,31). The molecule has 3 aromatic rings. The monoisotopic (exact) mass is 493 g/mol. The minimum Gasteiger partial charge on any atom is -0.489 e. The predicted octanol–water partition coefficient (Wildman–Crippen LogP) is 6.94. The maximum Gasteiger partial charge on any atom is 0.225 e. The zero-order valence-electron chi connectivity index (χ0n) is 19.2. The number of hydrogen-bond donors (Lipinski definition) is 1. The Labute approximate surface area is 200 Å². The number of rotatable bonds is 9. The molecule has 1 atom stereocenters. The minimum absolute atomic E-state index is 0.0196. The highest BCUT2D eigenvalue weighted by atomic mass is 79.9. The van der Waals surface area contributed by atoms with Gasteiger partial charge in [0.1, 0.15) is 12.4 Å². The highest BCUT2D eigenvalue weighted by Crippen LogP contribution is 2.53. The smallest absolute Gasteiger partial charge is 0.225 e. The number of ether oxygens (including phenoxy) is 1. The van der Waals surface area contributed by atoms with Crippen LogP contribution in [0.3, 0.4) is 0 Å². The molecule has 1 amide bonds. The molecule has 32 heavy (non-hydrogen) atoms. The summed E-state index contributed by atoms with van der Waals surface area (Å²) in [7, 11) is 0. The van der Waals surface area contributed by atoms with Crippen LogP contribution >= 0.6 is 15.9 Å². The number of benzene rings is 3. The Bertz CT molecular complexity index is 1020. The van der Waals surface area contributed by atoms with Crippen molar-refractivity contribution >= 4 is 21.8 Å². The van der Waals surface area contributed by atoms with Crippen LogP contribution in [-0.4, -0.2) is 5.91 Å². The molecular formula is C28H32BrNO2. The third kappa shape index (κ3) is 4.75. The first-order valence-electron chi connectivity index (χ1n) is 11.1. The van der Waals surface area contributed by atoms with Gasteiger partial charge in [-0.3, -0.25) is 4.79 Å². The number of nitrogens with two attached hydrogens (primary N) is 1. The molecule has 3 nitrogen and oxygen atoms in total. The molecule has 0 aliphatic heterocycles. The summed E-state index contributed by atoms with van der Waals surface area (Å²) in [6.45, 7) is 8.79. The Kier molecular flexibility index (Phi) is 7.78. The first-order valence-corrected chi connectivity index (χ1v) is 11.9. The molecule has 0 aliphatic carbocycles. The van der Waals surface area contributed by atoms with E-state index in [1.54, 1.807) is 0 Å². The van der Waals surface area contributed by atoms with Gasteiger partial charge in [0, 0.05) is 16.0 Å². The largest absolute Gasteiger partial charge is 0.489 e. The van der Waals surface area contributed by atoms with Crippen molar-refractivity contribution in [3.8, 4) is 5.75 Å². The fraction of sp³-hybridized carbons (Fsp3) is 0.321. The van der Waals surface area contributed by atoms with Crippen molar-refractivity contribution in [2.75, 3.05) is 0 Å². The molecular weight excluding hydrogens is 462 g/mol. The van der Waals surface area contributed by atoms with Crippen LogP contribution < -0.4 is 10.5 Å². The molecule has 0 spiro atoms. The summed E-state index contributed by atoms with van der Waals surface area (Å²) in [6.07, 6.45) is 0. The highest BCUT2D eigenvalue weighted by molar-refractivity contribution is 9.10. The minimum atomic E-state index is -0.799. The summed E-state index contributed by atoms with van der Waals surface area (Å²) >= 11 is 3.64. The number of hydrogen-bond acceptors (Lipinski definition) is 2. The van der Waals surface area contributed by atoms with Gasteiger partial charge in [-0.1, -0.05) is 104 Å². The lowest BCUT2D eigenvalue weighted by atomic mass is 9.57. The summed E-state index contributed by atoms with van der Waals surface area (Å²) in [4.78, 5) is 13.2. The molecule has 0 saturated heterocycles. The molecule has 0 aromatic heterocycles. The van der Waals surface area contributed by atoms with Crippen LogP contribution in [-0.2, 0) is 11.4 Å². The third-order valence-electron chi connectivity index (χ3n) is 6.47. The molecule has 0 heterocycles. The molecule has 0 aliphatic rings. The van der Waals surface area contributed by atoms with Crippen LogP contribution in [0, 0.1) is 17.3 Å². The quantitative estimate of drug-likeness (QED) is 0.350. The molecule has 0 fully saturated rings. The van der Waals surface area contributed by atoms with E-state index in [1.165, 1.54) is 0 Å². The van der Waals surface area contributed by atoms with Gasteiger partial charge >= 0.3 is 0 Å². The third-order valence-corrected chi connectivity index (χ3v) is 6.96. The lowest BCUT2D eigenvalue weighted by Crippen LogP contribution is -2.50. The van der Waals surface area contributed by atoms with E-state index in [9.17, 15) is 4.79 Å². The van der Waals surface area contributed by atoms with Gasteiger partial charge < -0.3 is 10.5 Å². The van der Waals surface area contributed by atoms with E-state index in [-0.39, 0.29) is 23.7 Å². The number of primary amides is 1. The van der Waals surface area contributed by atoms with Gasteiger partial charge in [-0.2, -0.15) is 0 Å². The van der Waals surface area contributed by atoms with E-state index < -0.39 is 5.41 Å². The zero-order chi connectivity index (χ0) is 23.3. The number of halogens is 1. The van der Waals surface area contributed by atoms with Crippen molar-refractivity contribution < 1.29 is 9.53 Å². The highest BCUT2D eigenvalue weighted by Gasteiger charge is 2.51. The molecule has 168 valence electrons. The predicted molar refractivity (Wildman–Crippen MR) is 135 cm³/mol. The fourth-order valence-corrected chi connectivity index (χ4v) is 5.39. The van der Waals surface area contributed by atoms with E-state index in [2.05, 4.69) is 61.8 Å². The van der Waals surface area contributed by atoms with Gasteiger partial charge in [0.15, 0.2) is 0 Å². The van der Waals surface area contributed by atoms with E-state index >= 15 is 0 Å². The average molecular weight is 494 g/mol. The number of carbonyl (C=O) groups is 1. The summed E-state index contributed by atoms with van der Waals surface area (Å²) in [5.74, 6) is 0.255. The lowest BCUT2D eigenvalue weighted by Gasteiger charge is -2.45. The molecule has 0 radical (unpaired) electrons. The Morgan fingerprint density at radius 1 is 0.906 bits per heavy atom. The van der Waals surface area contributed by atoms with Crippen LogP contribution in [0.5, 0.6) is 5.75 Å². The zero-order valence-corrected chi connectivity index (χ0v) is 20.8. The maximum absolute atomic E-state index is 13.2. The van der Waals surface area contributed by atoms with Gasteiger partial charge in [-0.05, 0) is 41.2 Å². The van der Waals surface area contributed by atoms with Gasteiger partial charge in [0.2, 0.25) is 5.91 Å². The topological polar surface area (TPSA) is 52.3 Å². The Hall–Kier alpha value is -2.59. The van der Waals surface area contributed by atoms with Gasteiger partial charge in [0.25, 0.3) is 0 Å². The molecule has 3 aromatic carbocycles. The molecule has 0 saturated carbocycles. The Morgan fingerprint density at radius 3 is 2.00 bits per heavy atom. The van der Waals surface area contributed by atoms with Crippen LogP contribution in [0.25, 0.3) is 0 Å². The second kappa shape index (κ2) is 10.4. The first-order chi connectivity index (χ1) is 15.3. The molecule has 4 heteroatoms. The fourth-order valence-electron chi connectivity index (χ4n) is 5.01.